The number of pyridine rings is 1. The number of halogens is 1. The van der Waals surface area contributed by atoms with Crippen LogP contribution >= 0.6 is 11.6 Å². The Morgan fingerprint density at radius 1 is 1.26 bits per heavy atom. The summed E-state index contributed by atoms with van der Waals surface area (Å²) in [7, 11) is 0. The van der Waals surface area contributed by atoms with E-state index in [-0.39, 0.29) is 0 Å². The van der Waals surface area contributed by atoms with Gasteiger partial charge in [0.2, 0.25) is 0 Å². The molecule has 1 aromatic heterocycles. The Morgan fingerprint density at radius 2 is 1.95 bits per heavy atom. The van der Waals surface area contributed by atoms with Crippen LogP contribution in [0.2, 0.25) is 5.02 Å². The third-order valence-corrected chi connectivity index (χ3v) is 2.96. The van der Waals surface area contributed by atoms with E-state index >= 15 is 0 Å². The molecule has 0 aliphatic rings. The summed E-state index contributed by atoms with van der Waals surface area (Å²) < 4.78 is 5.71. The second kappa shape index (κ2) is 5.73. The molecule has 0 aliphatic heterocycles. The van der Waals surface area contributed by atoms with E-state index < -0.39 is 0 Å². The molecular weight excluding hydrogens is 260 g/mol. The molecule has 4 heteroatoms. The van der Waals surface area contributed by atoms with Crippen molar-refractivity contribution in [3.63, 3.8) is 0 Å². The number of aryl methyl sites for hydroxylation is 2. The first-order valence-corrected chi connectivity index (χ1v) is 6.23. The maximum absolute atomic E-state index is 9.14. The summed E-state index contributed by atoms with van der Waals surface area (Å²) in [5.74, 6) is 0.572. The van der Waals surface area contributed by atoms with E-state index in [1.54, 1.807) is 13.0 Å². The Morgan fingerprint density at radius 3 is 2.58 bits per heavy atom. The van der Waals surface area contributed by atoms with Crippen molar-refractivity contribution < 1.29 is 4.74 Å². The van der Waals surface area contributed by atoms with Crippen LogP contribution in [-0.2, 0) is 6.61 Å². The molecule has 96 valence electrons. The standard InChI is InChI=1S/C15H13ClN2O/c1-10-7-15(14(8-17)11(2)18-10)19-9-12-3-5-13(16)6-4-12/h3-7H,9H2,1-2H3. The zero-order valence-electron chi connectivity index (χ0n) is 10.8. The second-order valence-electron chi connectivity index (χ2n) is 4.25. The zero-order chi connectivity index (χ0) is 13.8. The molecule has 0 amide bonds. The second-order valence-corrected chi connectivity index (χ2v) is 4.69. The third kappa shape index (κ3) is 3.24. The molecule has 0 unspecified atom stereocenters. The maximum Gasteiger partial charge on any atom is 0.141 e. The van der Waals surface area contributed by atoms with Crippen LogP contribution in [0.25, 0.3) is 0 Å². The van der Waals surface area contributed by atoms with Crippen molar-refractivity contribution in [2.75, 3.05) is 0 Å². The quantitative estimate of drug-likeness (QED) is 0.854. The van der Waals surface area contributed by atoms with E-state index in [9.17, 15) is 0 Å². The van der Waals surface area contributed by atoms with Crippen molar-refractivity contribution in [1.82, 2.24) is 4.98 Å². The van der Waals surface area contributed by atoms with E-state index in [1.807, 2.05) is 31.2 Å². The third-order valence-electron chi connectivity index (χ3n) is 2.71. The predicted molar refractivity (Wildman–Crippen MR) is 74.2 cm³/mol. The summed E-state index contributed by atoms with van der Waals surface area (Å²) >= 11 is 5.83. The van der Waals surface area contributed by atoms with Crippen LogP contribution in [0.3, 0.4) is 0 Å². The fourth-order valence-corrected chi connectivity index (χ4v) is 1.91. The Balaban J connectivity index is 2.20. The highest BCUT2D eigenvalue weighted by atomic mass is 35.5. The smallest absolute Gasteiger partial charge is 0.141 e. The molecule has 0 radical (unpaired) electrons. The molecule has 2 rings (SSSR count). The van der Waals surface area contributed by atoms with Gasteiger partial charge in [0.1, 0.15) is 24.0 Å². The minimum Gasteiger partial charge on any atom is -0.487 e. The number of rotatable bonds is 3. The molecule has 0 saturated carbocycles. The zero-order valence-corrected chi connectivity index (χ0v) is 11.5. The largest absolute Gasteiger partial charge is 0.487 e. The molecule has 0 bridgehead atoms. The molecule has 0 atom stereocenters. The fourth-order valence-electron chi connectivity index (χ4n) is 1.78. The average Bonchev–Trinajstić information content (AvgIpc) is 2.37. The molecule has 0 N–H and O–H groups in total. The van der Waals surface area contributed by atoms with E-state index in [4.69, 9.17) is 21.6 Å². The SMILES string of the molecule is Cc1cc(OCc2ccc(Cl)cc2)c(C#N)c(C)n1. The number of hydrogen-bond donors (Lipinski definition) is 0. The van der Waals surface area contributed by atoms with Crippen LogP contribution in [0.15, 0.2) is 30.3 Å². The van der Waals surface area contributed by atoms with Gasteiger partial charge < -0.3 is 4.74 Å². The van der Waals surface area contributed by atoms with Crippen molar-refractivity contribution in [1.29, 1.82) is 5.26 Å². The van der Waals surface area contributed by atoms with Gasteiger partial charge in [0.15, 0.2) is 0 Å². The molecule has 0 aliphatic carbocycles. The van der Waals surface area contributed by atoms with E-state index in [2.05, 4.69) is 11.1 Å². The highest BCUT2D eigenvalue weighted by molar-refractivity contribution is 6.30. The number of nitriles is 1. The molecule has 0 fully saturated rings. The van der Waals surface area contributed by atoms with Crippen LogP contribution in [0.4, 0.5) is 0 Å². The lowest BCUT2D eigenvalue weighted by Crippen LogP contribution is -2.01. The van der Waals surface area contributed by atoms with Crippen LogP contribution in [0.5, 0.6) is 5.75 Å². The van der Waals surface area contributed by atoms with Gasteiger partial charge in [0, 0.05) is 16.8 Å². The summed E-state index contributed by atoms with van der Waals surface area (Å²) in [4.78, 5) is 4.25. The number of aromatic nitrogens is 1. The lowest BCUT2D eigenvalue weighted by molar-refractivity contribution is 0.304. The molecule has 0 saturated heterocycles. The number of nitrogens with zero attached hydrogens (tertiary/aromatic N) is 2. The van der Waals surface area contributed by atoms with Crippen LogP contribution in [0, 0.1) is 25.2 Å². The normalized spacial score (nSPS) is 10.0. The molecule has 2 aromatic rings. The minimum atomic E-state index is 0.398. The number of ether oxygens (including phenoxy) is 1. The maximum atomic E-state index is 9.14. The topological polar surface area (TPSA) is 45.9 Å². The molecule has 1 aromatic carbocycles. The summed E-state index contributed by atoms with van der Waals surface area (Å²) in [5.41, 5.74) is 3.01. The van der Waals surface area contributed by atoms with Gasteiger partial charge in [-0.05, 0) is 31.5 Å². The average molecular weight is 273 g/mol. The van der Waals surface area contributed by atoms with E-state index in [1.165, 1.54) is 0 Å². The van der Waals surface area contributed by atoms with Gasteiger partial charge in [-0.3, -0.25) is 4.98 Å². The molecule has 19 heavy (non-hydrogen) atoms. The summed E-state index contributed by atoms with van der Waals surface area (Å²) in [6, 6.07) is 11.3. The lowest BCUT2D eigenvalue weighted by Gasteiger charge is -2.10. The molecule has 0 spiro atoms. The highest BCUT2D eigenvalue weighted by Crippen LogP contribution is 2.22. The van der Waals surface area contributed by atoms with Gasteiger partial charge in [-0.2, -0.15) is 5.26 Å². The van der Waals surface area contributed by atoms with Crippen LogP contribution in [-0.4, -0.2) is 4.98 Å². The van der Waals surface area contributed by atoms with Gasteiger partial charge in [-0.25, -0.2) is 0 Å². The molecule has 3 nitrogen and oxygen atoms in total. The molecular formula is C15H13ClN2O. The predicted octanol–water partition coefficient (Wildman–Crippen LogP) is 3.80. The van der Waals surface area contributed by atoms with Crippen LogP contribution in [0.1, 0.15) is 22.5 Å². The van der Waals surface area contributed by atoms with Crippen LogP contribution < -0.4 is 4.74 Å². The first-order valence-electron chi connectivity index (χ1n) is 5.85. The van der Waals surface area contributed by atoms with Gasteiger partial charge in [-0.1, -0.05) is 23.7 Å². The Bertz CT molecular complexity index is 630. The van der Waals surface area contributed by atoms with Crippen molar-refractivity contribution in [2.24, 2.45) is 0 Å². The Hall–Kier alpha value is -2.05. The van der Waals surface area contributed by atoms with Gasteiger partial charge >= 0.3 is 0 Å². The first-order chi connectivity index (χ1) is 9.10. The Labute approximate surface area is 117 Å². The van der Waals surface area contributed by atoms with Gasteiger partial charge in [0.05, 0.1) is 5.69 Å². The number of benzene rings is 1. The number of hydrogen-bond acceptors (Lipinski definition) is 3. The van der Waals surface area contributed by atoms with Crippen molar-refractivity contribution >= 4 is 11.6 Å². The van der Waals surface area contributed by atoms with Crippen molar-refractivity contribution in [3.05, 3.63) is 57.9 Å². The Kier molecular flexibility index (Phi) is 4.03. The van der Waals surface area contributed by atoms with Crippen molar-refractivity contribution in [2.45, 2.75) is 20.5 Å². The minimum absolute atomic E-state index is 0.398. The summed E-state index contributed by atoms with van der Waals surface area (Å²) in [5, 5.41) is 9.83. The van der Waals surface area contributed by atoms with E-state index in [0.29, 0.717) is 28.6 Å². The molecule has 1 heterocycles. The fraction of sp³-hybridized carbons (Fsp3) is 0.200. The highest BCUT2D eigenvalue weighted by Gasteiger charge is 2.09. The van der Waals surface area contributed by atoms with Gasteiger partial charge in [0.25, 0.3) is 0 Å². The van der Waals surface area contributed by atoms with E-state index in [0.717, 1.165) is 11.3 Å². The van der Waals surface area contributed by atoms with Gasteiger partial charge in [-0.15, -0.1) is 0 Å². The monoisotopic (exact) mass is 272 g/mol. The first kappa shape index (κ1) is 13.4. The summed E-state index contributed by atoms with van der Waals surface area (Å²) in [6.45, 7) is 4.08. The summed E-state index contributed by atoms with van der Waals surface area (Å²) in [6.07, 6.45) is 0. The van der Waals surface area contributed by atoms with Crippen molar-refractivity contribution in [3.8, 4) is 11.8 Å². The lowest BCUT2D eigenvalue weighted by atomic mass is 10.2.